The van der Waals surface area contributed by atoms with E-state index in [9.17, 15) is 13.2 Å². The van der Waals surface area contributed by atoms with Gasteiger partial charge < -0.3 is 5.32 Å². The molecule has 1 aromatic heterocycles. The third kappa shape index (κ3) is 3.68. The number of carbonyl (C=O) groups excluding carboxylic acids is 1. The first-order valence-electron chi connectivity index (χ1n) is 7.60. The van der Waals surface area contributed by atoms with Gasteiger partial charge >= 0.3 is 0 Å². The van der Waals surface area contributed by atoms with Gasteiger partial charge in [-0.3, -0.25) is 9.69 Å². The second-order valence-corrected chi connectivity index (χ2v) is 8.88. The first-order valence-corrected chi connectivity index (χ1v) is 9.98. The summed E-state index contributed by atoms with van der Waals surface area (Å²) in [7, 11) is -3.04. The fourth-order valence-electron chi connectivity index (χ4n) is 2.61. The molecule has 0 spiro atoms. The molecule has 1 saturated heterocycles. The summed E-state index contributed by atoms with van der Waals surface area (Å²) >= 11 is 1.43. The number of sulfonamides is 1. The van der Waals surface area contributed by atoms with Crippen molar-refractivity contribution in [3.63, 3.8) is 0 Å². The van der Waals surface area contributed by atoms with Crippen molar-refractivity contribution in [2.24, 2.45) is 0 Å². The average Bonchev–Trinajstić information content (AvgIpc) is 3.24. The number of carbonyl (C=O) groups is 1. The van der Waals surface area contributed by atoms with Gasteiger partial charge in [0.05, 0.1) is 10.1 Å². The molecule has 2 aliphatic rings. The molecule has 1 aromatic rings. The van der Waals surface area contributed by atoms with E-state index in [0.29, 0.717) is 19.6 Å². The largest absolute Gasteiger partial charge is 0.350 e. The zero-order chi connectivity index (χ0) is 15.6. The van der Waals surface area contributed by atoms with Gasteiger partial charge in [0.25, 0.3) is 5.91 Å². The Hall–Kier alpha value is -0.960. The highest BCUT2D eigenvalue weighted by Crippen LogP contribution is 2.31. The van der Waals surface area contributed by atoms with E-state index in [1.165, 1.54) is 11.3 Å². The maximum absolute atomic E-state index is 12.1. The average molecular weight is 343 g/mol. The second-order valence-electron chi connectivity index (χ2n) is 5.72. The van der Waals surface area contributed by atoms with Crippen LogP contribution in [0.3, 0.4) is 0 Å². The van der Waals surface area contributed by atoms with E-state index in [1.807, 2.05) is 17.5 Å². The molecule has 0 atom stereocenters. The van der Waals surface area contributed by atoms with E-state index in [-0.39, 0.29) is 11.2 Å². The van der Waals surface area contributed by atoms with Gasteiger partial charge in [0, 0.05) is 39.3 Å². The maximum atomic E-state index is 12.1. The van der Waals surface area contributed by atoms with Crippen LogP contribution in [0.1, 0.15) is 22.5 Å². The van der Waals surface area contributed by atoms with Crippen molar-refractivity contribution in [1.29, 1.82) is 0 Å². The lowest BCUT2D eigenvalue weighted by Gasteiger charge is -2.34. The molecule has 22 heavy (non-hydrogen) atoms. The number of amides is 1. The summed E-state index contributed by atoms with van der Waals surface area (Å²) in [6.07, 6.45) is 1.63. The van der Waals surface area contributed by atoms with Crippen molar-refractivity contribution in [1.82, 2.24) is 14.5 Å². The molecule has 6 nitrogen and oxygen atoms in total. The van der Waals surface area contributed by atoms with Gasteiger partial charge in [-0.1, -0.05) is 6.07 Å². The third-order valence-corrected chi connectivity index (χ3v) is 7.36. The zero-order valence-corrected chi connectivity index (χ0v) is 14.0. The Morgan fingerprint density at radius 3 is 2.59 bits per heavy atom. The van der Waals surface area contributed by atoms with Crippen molar-refractivity contribution in [2.45, 2.75) is 18.1 Å². The first-order chi connectivity index (χ1) is 10.6. The molecule has 1 amide bonds. The highest BCUT2D eigenvalue weighted by Gasteiger charge is 2.40. The molecule has 3 rings (SSSR count). The minimum atomic E-state index is -3.04. The summed E-state index contributed by atoms with van der Waals surface area (Å²) in [4.78, 5) is 14.7. The molecule has 1 aliphatic carbocycles. The summed E-state index contributed by atoms with van der Waals surface area (Å²) in [6.45, 7) is 3.96. The van der Waals surface area contributed by atoms with Crippen molar-refractivity contribution in [2.75, 3.05) is 39.3 Å². The van der Waals surface area contributed by atoms with Gasteiger partial charge in [0.2, 0.25) is 10.0 Å². The Labute approximate surface area is 135 Å². The van der Waals surface area contributed by atoms with Gasteiger partial charge in [-0.05, 0) is 24.3 Å². The summed E-state index contributed by atoms with van der Waals surface area (Å²) in [6, 6.07) is 3.67. The van der Waals surface area contributed by atoms with Gasteiger partial charge in [0.15, 0.2) is 0 Å². The van der Waals surface area contributed by atoms with Crippen LogP contribution in [0.15, 0.2) is 17.5 Å². The molecule has 122 valence electrons. The number of piperazine rings is 1. The molecular weight excluding hydrogens is 322 g/mol. The standard InChI is InChI=1S/C14H21N3O3S2/c18-14(13-2-1-11-21-13)15-5-6-16-7-9-17(10-8-16)22(19,20)12-3-4-12/h1-2,11-12H,3-10H2,(H,15,18). The van der Waals surface area contributed by atoms with E-state index < -0.39 is 10.0 Å². The van der Waals surface area contributed by atoms with Crippen molar-refractivity contribution < 1.29 is 13.2 Å². The molecule has 2 heterocycles. The molecule has 0 radical (unpaired) electrons. The van der Waals surface area contributed by atoms with Crippen LogP contribution in [0.25, 0.3) is 0 Å². The lowest BCUT2D eigenvalue weighted by atomic mass is 10.3. The predicted molar refractivity (Wildman–Crippen MR) is 86.6 cm³/mol. The van der Waals surface area contributed by atoms with E-state index in [2.05, 4.69) is 10.2 Å². The molecule has 8 heteroatoms. The lowest BCUT2D eigenvalue weighted by Crippen LogP contribution is -2.50. The van der Waals surface area contributed by atoms with Crippen molar-refractivity contribution in [3.8, 4) is 0 Å². The normalized spacial score (nSPS) is 20.9. The SMILES string of the molecule is O=C(NCCN1CCN(S(=O)(=O)C2CC2)CC1)c1cccs1. The van der Waals surface area contributed by atoms with Crippen LogP contribution in [-0.2, 0) is 10.0 Å². The molecule has 1 aliphatic heterocycles. The van der Waals surface area contributed by atoms with Gasteiger partial charge in [-0.15, -0.1) is 11.3 Å². The molecule has 0 unspecified atom stereocenters. The maximum Gasteiger partial charge on any atom is 0.261 e. The number of hydrogen-bond donors (Lipinski definition) is 1. The van der Waals surface area contributed by atoms with Crippen molar-refractivity contribution in [3.05, 3.63) is 22.4 Å². The fourth-order valence-corrected chi connectivity index (χ4v) is 5.07. The van der Waals surface area contributed by atoms with Gasteiger partial charge in [-0.25, -0.2) is 8.42 Å². The van der Waals surface area contributed by atoms with Crippen molar-refractivity contribution >= 4 is 27.3 Å². The second kappa shape index (κ2) is 6.66. The van der Waals surface area contributed by atoms with Crippen LogP contribution in [0.2, 0.25) is 0 Å². The molecule has 0 aromatic carbocycles. The summed E-state index contributed by atoms with van der Waals surface area (Å²) in [5, 5.41) is 4.66. The van der Waals surface area contributed by atoms with Crippen LogP contribution in [-0.4, -0.2) is 68.0 Å². The number of thiophene rings is 1. The Morgan fingerprint density at radius 1 is 1.27 bits per heavy atom. The zero-order valence-electron chi connectivity index (χ0n) is 12.4. The number of hydrogen-bond acceptors (Lipinski definition) is 5. The van der Waals surface area contributed by atoms with Crippen LogP contribution >= 0.6 is 11.3 Å². The minimum Gasteiger partial charge on any atom is -0.350 e. The molecule has 0 bridgehead atoms. The first kappa shape index (κ1) is 15.9. The third-order valence-electron chi connectivity index (χ3n) is 4.10. The van der Waals surface area contributed by atoms with E-state index >= 15 is 0 Å². The number of nitrogens with one attached hydrogen (secondary N) is 1. The summed E-state index contributed by atoms with van der Waals surface area (Å²) in [5.74, 6) is -0.0371. The van der Waals surface area contributed by atoms with Crippen LogP contribution < -0.4 is 5.32 Å². The summed E-state index contributed by atoms with van der Waals surface area (Å²) < 4.78 is 25.9. The van der Waals surface area contributed by atoms with E-state index in [1.54, 1.807) is 4.31 Å². The highest BCUT2D eigenvalue weighted by molar-refractivity contribution is 7.90. The molecule has 1 N–H and O–H groups in total. The monoisotopic (exact) mass is 343 g/mol. The van der Waals surface area contributed by atoms with Crippen LogP contribution in [0.4, 0.5) is 0 Å². The minimum absolute atomic E-state index is 0.0371. The Balaban J connectivity index is 1.38. The predicted octanol–water partition coefficient (Wildman–Crippen LogP) is 0.588. The molecule has 1 saturated carbocycles. The quantitative estimate of drug-likeness (QED) is 0.821. The Morgan fingerprint density at radius 2 is 2.00 bits per heavy atom. The Bertz CT molecular complexity index is 603. The topological polar surface area (TPSA) is 69.7 Å². The molecular formula is C14H21N3O3S2. The number of rotatable bonds is 6. The van der Waals surface area contributed by atoms with Gasteiger partial charge in [-0.2, -0.15) is 4.31 Å². The summed E-state index contributed by atoms with van der Waals surface area (Å²) in [5.41, 5.74) is 0. The number of nitrogens with zero attached hydrogens (tertiary/aromatic N) is 2. The van der Waals surface area contributed by atoms with Crippen LogP contribution in [0.5, 0.6) is 0 Å². The smallest absolute Gasteiger partial charge is 0.261 e. The van der Waals surface area contributed by atoms with Gasteiger partial charge in [0.1, 0.15) is 0 Å². The lowest BCUT2D eigenvalue weighted by molar-refractivity contribution is 0.0949. The highest BCUT2D eigenvalue weighted by atomic mass is 32.2. The van der Waals surface area contributed by atoms with E-state index in [4.69, 9.17) is 0 Å². The van der Waals surface area contributed by atoms with Crippen LogP contribution in [0, 0.1) is 0 Å². The molecule has 2 fully saturated rings. The van der Waals surface area contributed by atoms with E-state index in [0.717, 1.165) is 37.4 Å². The Kier molecular flexibility index (Phi) is 4.82. The fraction of sp³-hybridized carbons (Fsp3) is 0.643.